The zero-order valence-electron chi connectivity index (χ0n) is 24.6. The van der Waals surface area contributed by atoms with E-state index < -0.39 is 0 Å². The first-order valence-electron chi connectivity index (χ1n) is 15.0. The van der Waals surface area contributed by atoms with Crippen LogP contribution in [0.25, 0.3) is 33.6 Å². The maximum atomic E-state index is 13.8. The van der Waals surface area contributed by atoms with E-state index >= 15 is 0 Å². The summed E-state index contributed by atoms with van der Waals surface area (Å²) < 4.78 is 10.2. The van der Waals surface area contributed by atoms with Crippen molar-refractivity contribution in [3.05, 3.63) is 60.3 Å². The summed E-state index contributed by atoms with van der Waals surface area (Å²) >= 11 is 0. The molecule has 3 aliphatic rings. The molecule has 2 saturated heterocycles. The van der Waals surface area contributed by atoms with Crippen molar-refractivity contribution in [1.29, 1.82) is 5.26 Å². The van der Waals surface area contributed by atoms with Gasteiger partial charge in [0.15, 0.2) is 11.5 Å². The number of piperidine rings is 1. The van der Waals surface area contributed by atoms with Gasteiger partial charge in [-0.2, -0.15) is 5.26 Å². The van der Waals surface area contributed by atoms with Crippen LogP contribution in [0, 0.1) is 23.2 Å². The molecule has 8 rings (SSSR count). The molecule has 0 spiro atoms. The lowest BCUT2D eigenvalue weighted by atomic mass is 9.98. The van der Waals surface area contributed by atoms with E-state index in [2.05, 4.69) is 41.1 Å². The number of carbonyl (C=O) groups excluding carboxylic acids is 1. The number of nitrogens with zero attached hydrogens (tertiary/aromatic N) is 9. The number of nitrogens with two attached hydrogens (primary N) is 1. The third kappa shape index (κ3) is 3.96. The molecule has 0 unspecified atom stereocenters. The van der Waals surface area contributed by atoms with Gasteiger partial charge in [0.1, 0.15) is 29.3 Å². The van der Waals surface area contributed by atoms with Crippen LogP contribution in [-0.4, -0.2) is 78.7 Å². The summed E-state index contributed by atoms with van der Waals surface area (Å²) in [4.78, 5) is 35.9. The average molecular weight is 589 g/mol. The van der Waals surface area contributed by atoms with Crippen LogP contribution in [0.1, 0.15) is 28.9 Å². The number of ether oxygens (including phenoxy) is 1. The molecule has 5 aromatic rings. The molecular formula is C32H32N10O2. The molecular weight excluding hydrogens is 556 g/mol. The maximum Gasteiger partial charge on any atom is 0.254 e. The summed E-state index contributed by atoms with van der Waals surface area (Å²) in [6, 6.07) is 12.1. The van der Waals surface area contributed by atoms with Crippen molar-refractivity contribution in [1.82, 2.24) is 34.0 Å². The van der Waals surface area contributed by atoms with Crippen molar-refractivity contribution in [2.75, 3.05) is 31.6 Å². The summed E-state index contributed by atoms with van der Waals surface area (Å²) in [5, 5.41) is 10.5. The minimum absolute atomic E-state index is 0.0224. The third-order valence-electron chi connectivity index (χ3n) is 9.74. The van der Waals surface area contributed by atoms with Crippen molar-refractivity contribution in [3.8, 4) is 23.3 Å². The van der Waals surface area contributed by atoms with Crippen LogP contribution in [0.15, 0.2) is 49.1 Å². The zero-order chi connectivity index (χ0) is 30.1. The molecule has 222 valence electrons. The van der Waals surface area contributed by atoms with E-state index in [4.69, 9.17) is 15.5 Å². The smallest absolute Gasteiger partial charge is 0.254 e. The largest absolute Gasteiger partial charge is 0.494 e. The Hall–Kier alpha value is -5.02. The number of amides is 1. The van der Waals surface area contributed by atoms with Crippen LogP contribution in [0.4, 0.5) is 5.69 Å². The molecule has 12 heteroatoms. The van der Waals surface area contributed by atoms with Gasteiger partial charge in [-0.15, -0.1) is 0 Å². The quantitative estimate of drug-likeness (QED) is 0.317. The standard InChI is InChI=1S/C32H32N10O2/c1-39-25(9-19-4-3-7-36-30(19)39)31-38-22-8-21(32(43)41-16-20-5-6-24(41)28(20)34)10-27(44-2)29(22)42(31)15-18-13-40(14-18)26-12-35-17-37-23(26)11-33/h3-4,7-10,12,17-18,20,24,28H,5-6,13-16,34H2,1-2H3/t20-,24-,28-/m1/s1. The highest BCUT2D eigenvalue weighted by Crippen LogP contribution is 2.40. The SMILES string of the molecule is COc1cc(C(=O)N2C[C@H]3CC[C@@H]2[C@@H]3N)cc2nc(-c3cc4cccnc4n3C)n(CC3CN(c4cncnc4C#N)C3)c12. The van der Waals surface area contributed by atoms with Crippen molar-refractivity contribution in [2.45, 2.75) is 31.5 Å². The number of fused-ring (bicyclic) bond motifs is 4. The second kappa shape index (κ2) is 10.0. The van der Waals surface area contributed by atoms with Crippen molar-refractivity contribution < 1.29 is 9.53 Å². The topological polar surface area (TPSA) is 144 Å². The molecule has 4 aromatic heterocycles. The van der Waals surface area contributed by atoms with E-state index in [0.29, 0.717) is 41.5 Å². The molecule has 1 aliphatic carbocycles. The molecule has 3 atom stereocenters. The number of hydrogen-bond donors (Lipinski definition) is 1. The number of nitriles is 1. The first-order valence-corrected chi connectivity index (χ1v) is 15.0. The average Bonchev–Trinajstić information content (AvgIpc) is 3.77. The summed E-state index contributed by atoms with van der Waals surface area (Å²) in [6.07, 6.45) is 6.92. The summed E-state index contributed by atoms with van der Waals surface area (Å²) in [7, 11) is 3.63. The molecule has 2 bridgehead atoms. The number of carbonyl (C=O) groups is 1. The monoisotopic (exact) mass is 588 g/mol. The summed E-state index contributed by atoms with van der Waals surface area (Å²) in [5.41, 5.74) is 11.5. The number of methoxy groups -OCH3 is 1. The van der Waals surface area contributed by atoms with Gasteiger partial charge >= 0.3 is 0 Å². The Balaban J connectivity index is 1.20. The number of pyridine rings is 1. The highest BCUT2D eigenvalue weighted by molar-refractivity contribution is 6.00. The second-order valence-corrected chi connectivity index (χ2v) is 12.2. The van der Waals surface area contributed by atoms with E-state index in [9.17, 15) is 10.1 Å². The molecule has 6 heterocycles. The van der Waals surface area contributed by atoms with E-state index in [1.165, 1.54) is 6.33 Å². The second-order valence-electron chi connectivity index (χ2n) is 12.2. The Morgan fingerprint density at radius 3 is 2.77 bits per heavy atom. The lowest BCUT2D eigenvalue weighted by molar-refractivity contribution is 0.0700. The Morgan fingerprint density at radius 2 is 2.05 bits per heavy atom. The number of aromatic nitrogens is 6. The minimum Gasteiger partial charge on any atom is -0.494 e. The third-order valence-corrected chi connectivity index (χ3v) is 9.74. The van der Waals surface area contributed by atoms with Gasteiger partial charge in [0.2, 0.25) is 0 Å². The van der Waals surface area contributed by atoms with Crippen LogP contribution in [0.3, 0.4) is 0 Å². The van der Waals surface area contributed by atoms with Crippen LogP contribution in [0.2, 0.25) is 0 Å². The first-order chi connectivity index (χ1) is 21.4. The van der Waals surface area contributed by atoms with Gasteiger partial charge in [0.05, 0.1) is 30.2 Å². The first kappa shape index (κ1) is 26.6. The van der Waals surface area contributed by atoms with E-state index in [1.807, 2.05) is 36.2 Å². The molecule has 0 radical (unpaired) electrons. The predicted octanol–water partition coefficient (Wildman–Crippen LogP) is 2.96. The fourth-order valence-corrected chi connectivity index (χ4v) is 7.49. The lowest BCUT2D eigenvalue weighted by Gasteiger charge is -2.41. The Bertz CT molecular complexity index is 1980. The van der Waals surface area contributed by atoms with E-state index in [0.717, 1.165) is 59.7 Å². The predicted molar refractivity (Wildman–Crippen MR) is 164 cm³/mol. The fraction of sp³-hybridized carbons (Fsp3) is 0.375. The van der Waals surface area contributed by atoms with Gasteiger partial charge in [-0.05, 0) is 49.1 Å². The summed E-state index contributed by atoms with van der Waals surface area (Å²) in [5.74, 6) is 2.01. The number of benzene rings is 1. The molecule has 2 N–H and O–H groups in total. The maximum absolute atomic E-state index is 13.8. The normalized spacial score (nSPS) is 21.3. The van der Waals surface area contributed by atoms with Gasteiger partial charge < -0.3 is 29.4 Å². The van der Waals surface area contributed by atoms with Crippen LogP contribution in [0.5, 0.6) is 5.75 Å². The van der Waals surface area contributed by atoms with E-state index in [-0.39, 0.29) is 23.9 Å². The highest BCUT2D eigenvalue weighted by atomic mass is 16.5. The van der Waals surface area contributed by atoms with Crippen molar-refractivity contribution in [2.24, 2.45) is 24.6 Å². The van der Waals surface area contributed by atoms with Crippen LogP contribution < -0.4 is 15.4 Å². The van der Waals surface area contributed by atoms with Gasteiger partial charge in [-0.25, -0.2) is 19.9 Å². The number of aryl methyl sites for hydroxylation is 1. The van der Waals surface area contributed by atoms with Crippen LogP contribution in [-0.2, 0) is 13.6 Å². The van der Waals surface area contributed by atoms with Crippen molar-refractivity contribution >= 4 is 33.7 Å². The number of rotatable bonds is 6. The van der Waals surface area contributed by atoms with Gasteiger partial charge in [-0.1, -0.05) is 0 Å². The molecule has 3 fully saturated rings. The number of imidazole rings is 1. The molecule has 1 aromatic carbocycles. The van der Waals surface area contributed by atoms with Crippen molar-refractivity contribution in [3.63, 3.8) is 0 Å². The Kier molecular flexibility index (Phi) is 6.06. The minimum atomic E-state index is -0.0224. The molecule has 1 amide bonds. The number of hydrogen-bond acceptors (Lipinski definition) is 9. The molecule has 1 saturated carbocycles. The number of likely N-dealkylation sites (tertiary alicyclic amines) is 1. The number of anilines is 1. The molecule has 12 nitrogen and oxygen atoms in total. The summed E-state index contributed by atoms with van der Waals surface area (Å²) in [6.45, 7) is 2.86. The van der Waals surface area contributed by atoms with Gasteiger partial charge in [-0.3, -0.25) is 4.79 Å². The van der Waals surface area contributed by atoms with E-state index in [1.54, 1.807) is 19.5 Å². The van der Waals surface area contributed by atoms with Crippen LogP contribution >= 0.6 is 0 Å². The zero-order valence-corrected chi connectivity index (χ0v) is 24.6. The highest BCUT2D eigenvalue weighted by Gasteiger charge is 2.47. The van der Waals surface area contributed by atoms with Gasteiger partial charge in [0.25, 0.3) is 5.91 Å². The Labute approximate surface area is 253 Å². The molecule has 44 heavy (non-hydrogen) atoms. The van der Waals surface area contributed by atoms with Gasteiger partial charge in [0, 0.05) is 68.4 Å². The molecule has 2 aliphatic heterocycles. The lowest BCUT2D eigenvalue weighted by Crippen LogP contribution is -2.49. The fourth-order valence-electron chi connectivity index (χ4n) is 7.49. The Morgan fingerprint density at radius 1 is 1.18 bits per heavy atom.